The Morgan fingerprint density at radius 2 is 2.00 bits per heavy atom. The van der Waals surface area contributed by atoms with Gasteiger partial charge in [0.25, 0.3) is 0 Å². The molecule has 0 spiro atoms. The Kier molecular flexibility index (Phi) is 4.58. The smallest absolute Gasteiger partial charge is 0.133 e. The summed E-state index contributed by atoms with van der Waals surface area (Å²) < 4.78 is 0. The van der Waals surface area contributed by atoms with Gasteiger partial charge >= 0.3 is 0 Å². The fourth-order valence-corrected chi connectivity index (χ4v) is 0.480. The number of rotatable bonds is 0. The van der Waals surface area contributed by atoms with E-state index in [0.29, 0.717) is 0 Å². The molecule has 0 bridgehead atoms. The minimum atomic E-state index is 0. The van der Waals surface area contributed by atoms with Crippen LogP contribution >= 0.6 is 17.0 Å². The van der Waals surface area contributed by atoms with Gasteiger partial charge in [-0.3, -0.25) is 4.99 Å². The zero-order valence-electron chi connectivity index (χ0n) is 5.27. The molecule has 0 saturated carbocycles. The Balaban J connectivity index is 0.000000810. The summed E-state index contributed by atoms with van der Waals surface area (Å²) in [7, 11) is 0. The highest BCUT2D eigenvalue weighted by Crippen LogP contribution is 1.90. The SMILES string of the molecule is Br.OC1=C/C=C\C=C/N=C\1. The third-order valence-electron chi connectivity index (χ3n) is 0.868. The van der Waals surface area contributed by atoms with Crippen LogP contribution in [0.5, 0.6) is 0 Å². The van der Waals surface area contributed by atoms with Crippen LogP contribution in [0.25, 0.3) is 0 Å². The van der Waals surface area contributed by atoms with Crippen molar-refractivity contribution in [2.45, 2.75) is 0 Å². The lowest BCUT2D eigenvalue weighted by Gasteiger charge is -1.86. The van der Waals surface area contributed by atoms with Gasteiger partial charge in [0.15, 0.2) is 0 Å². The molecule has 54 valence electrons. The zero-order valence-corrected chi connectivity index (χ0v) is 6.98. The van der Waals surface area contributed by atoms with Crippen molar-refractivity contribution in [3.05, 3.63) is 36.3 Å². The summed E-state index contributed by atoms with van der Waals surface area (Å²) >= 11 is 0. The van der Waals surface area contributed by atoms with E-state index in [1.54, 1.807) is 30.5 Å². The Bertz CT molecular complexity index is 204. The van der Waals surface area contributed by atoms with E-state index < -0.39 is 0 Å². The molecule has 0 aromatic heterocycles. The van der Waals surface area contributed by atoms with Crippen molar-refractivity contribution in [1.82, 2.24) is 0 Å². The van der Waals surface area contributed by atoms with Gasteiger partial charge in [0.1, 0.15) is 5.76 Å². The van der Waals surface area contributed by atoms with Gasteiger partial charge in [0.2, 0.25) is 0 Å². The maximum absolute atomic E-state index is 8.84. The number of aliphatic hydroxyl groups excluding tert-OH is 1. The van der Waals surface area contributed by atoms with Crippen LogP contribution < -0.4 is 0 Å². The lowest BCUT2D eigenvalue weighted by molar-refractivity contribution is 0.446. The summed E-state index contributed by atoms with van der Waals surface area (Å²) in [6, 6.07) is 0. The molecule has 1 heterocycles. The van der Waals surface area contributed by atoms with E-state index in [1.807, 2.05) is 0 Å². The zero-order chi connectivity index (χ0) is 6.53. The van der Waals surface area contributed by atoms with Crippen molar-refractivity contribution in [2.24, 2.45) is 4.99 Å². The van der Waals surface area contributed by atoms with E-state index in [1.165, 1.54) is 6.21 Å². The molecule has 0 atom stereocenters. The Hall–Kier alpha value is -0.830. The molecule has 1 N–H and O–H groups in total. The Labute approximate surface area is 70.1 Å². The van der Waals surface area contributed by atoms with E-state index in [0.717, 1.165) is 0 Å². The second-order valence-corrected chi connectivity index (χ2v) is 1.60. The third kappa shape index (κ3) is 3.25. The summed E-state index contributed by atoms with van der Waals surface area (Å²) in [6.07, 6.45) is 9.91. The number of aliphatic hydroxyl groups is 1. The van der Waals surface area contributed by atoms with Crippen LogP contribution in [0, 0.1) is 0 Å². The van der Waals surface area contributed by atoms with Gasteiger partial charge in [-0.25, -0.2) is 0 Å². The van der Waals surface area contributed by atoms with Crippen molar-refractivity contribution in [3.8, 4) is 0 Å². The average molecular weight is 202 g/mol. The van der Waals surface area contributed by atoms with Crippen molar-refractivity contribution in [2.75, 3.05) is 0 Å². The number of hydrogen-bond donors (Lipinski definition) is 1. The van der Waals surface area contributed by atoms with E-state index in [-0.39, 0.29) is 22.7 Å². The standard InChI is InChI=1S/C7H7NO.BrH/c9-7-4-2-1-3-5-8-6-7;/h1-6,9H;1H/b2-1-,3-1?,4-2?,5-3-,7-4+,7-6?,8-5?,8-6-;. The van der Waals surface area contributed by atoms with Gasteiger partial charge in [-0.15, -0.1) is 17.0 Å². The number of hydrogen-bond acceptors (Lipinski definition) is 2. The van der Waals surface area contributed by atoms with Crippen LogP contribution in [-0.2, 0) is 0 Å². The van der Waals surface area contributed by atoms with Crippen LogP contribution in [0.3, 0.4) is 0 Å². The molecule has 0 radical (unpaired) electrons. The summed E-state index contributed by atoms with van der Waals surface area (Å²) in [5.41, 5.74) is 0. The van der Waals surface area contributed by atoms with Crippen LogP contribution in [0.1, 0.15) is 0 Å². The molecule has 10 heavy (non-hydrogen) atoms. The molecule has 0 fully saturated rings. The van der Waals surface area contributed by atoms with E-state index >= 15 is 0 Å². The lowest BCUT2D eigenvalue weighted by atomic mass is 10.4. The lowest BCUT2D eigenvalue weighted by Crippen LogP contribution is -1.79. The van der Waals surface area contributed by atoms with Gasteiger partial charge in [-0.05, 0) is 12.2 Å². The molecule has 0 saturated heterocycles. The fourth-order valence-electron chi connectivity index (χ4n) is 0.480. The van der Waals surface area contributed by atoms with Crippen molar-refractivity contribution in [1.29, 1.82) is 0 Å². The van der Waals surface area contributed by atoms with Gasteiger partial charge in [-0.1, -0.05) is 12.2 Å². The fraction of sp³-hybridized carbons (Fsp3) is 0. The first-order chi connectivity index (χ1) is 4.39. The Morgan fingerprint density at radius 1 is 1.20 bits per heavy atom. The molecule has 3 heteroatoms. The highest BCUT2D eigenvalue weighted by atomic mass is 79.9. The van der Waals surface area contributed by atoms with Gasteiger partial charge in [0.05, 0.1) is 6.21 Å². The van der Waals surface area contributed by atoms with Crippen LogP contribution in [0.15, 0.2) is 41.3 Å². The first kappa shape index (κ1) is 9.17. The monoisotopic (exact) mass is 201 g/mol. The van der Waals surface area contributed by atoms with Crippen LogP contribution in [0.2, 0.25) is 0 Å². The van der Waals surface area contributed by atoms with E-state index in [2.05, 4.69) is 4.99 Å². The highest BCUT2D eigenvalue weighted by molar-refractivity contribution is 8.93. The normalized spacial score (nSPS) is 29.8. The summed E-state index contributed by atoms with van der Waals surface area (Å²) in [5, 5.41) is 8.84. The largest absolute Gasteiger partial charge is 0.506 e. The van der Waals surface area contributed by atoms with Gasteiger partial charge in [0, 0.05) is 6.20 Å². The van der Waals surface area contributed by atoms with Crippen molar-refractivity contribution >= 4 is 23.2 Å². The first-order valence-corrected chi connectivity index (χ1v) is 2.65. The predicted molar refractivity (Wildman–Crippen MR) is 47.8 cm³/mol. The molecule has 0 amide bonds. The molecule has 0 unspecified atom stereocenters. The van der Waals surface area contributed by atoms with Crippen molar-refractivity contribution in [3.63, 3.8) is 0 Å². The molecule has 1 rings (SSSR count). The average Bonchev–Trinajstić information content (AvgIpc) is 1.79. The second-order valence-electron chi connectivity index (χ2n) is 1.60. The minimum Gasteiger partial charge on any atom is -0.506 e. The molecular formula is C7H8BrNO. The molecule has 1 aliphatic rings. The molecule has 1 aliphatic heterocycles. The van der Waals surface area contributed by atoms with Gasteiger partial charge in [-0.2, -0.15) is 0 Å². The summed E-state index contributed by atoms with van der Waals surface area (Å²) in [4.78, 5) is 3.74. The van der Waals surface area contributed by atoms with E-state index in [4.69, 9.17) is 5.11 Å². The number of halogens is 1. The minimum absolute atomic E-state index is 0. The summed E-state index contributed by atoms with van der Waals surface area (Å²) in [6.45, 7) is 0. The van der Waals surface area contributed by atoms with E-state index in [9.17, 15) is 0 Å². The topological polar surface area (TPSA) is 32.6 Å². The molecule has 2 nitrogen and oxygen atoms in total. The second kappa shape index (κ2) is 4.99. The number of allylic oxidation sites excluding steroid dienone is 5. The molecule has 0 aliphatic carbocycles. The maximum atomic E-state index is 8.84. The number of aliphatic imine (C=N–C) groups is 1. The maximum Gasteiger partial charge on any atom is 0.133 e. The van der Waals surface area contributed by atoms with Crippen LogP contribution in [0.4, 0.5) is 0 Å². The first-order valence-electron chi connectivity index (χ1n) is 2.65. The highest BCUT2D eigenvalue weighted by Gasteiger charge is 1.81. The molecule has 0 aromatic rings. The van der Waals surface area contributed by atoms with Gasteiger partial charge < -0.3 is 5.11 Å². The number of nitrogens with zero attached hydrogens (tertiary/aromatic N) is 1. The third-order valence-corrected chi connectivity index (χ3v) is 0.868. The molecular weight excluding hydrogens is 194 g/mol. The predicted octanol–water partition coefficient (Wildman–Crippen LogP) is 2.16. The van der Waals surface area contributed by atoms with Crippen molar-refractivity contribution < 1.29 is 5.11 Å². The summed E-state index contributed by atoms with van der Waals surface area (Å²) in [5.74, 6) is 0.176. The quantitative estimate of drug-likeness (QED) is 0.641. The van der Waals surface area contributed by atoms with Crippen LogP contribution in [-0.4, -0.2) is 11.3 Å². The Morgan fingerprint density at radius 3 is 2.80 bits per heavy atom. The molecule has 0 aromatic carbocycles.